The van der Waals surface area contributed by atoms with Gasteiger partial charge in [0.05, 0.1) is 11.4 Å². The summed E-state index contributed by atoms with van der Waals surface area (Å²) >= 11 is 1.88. The fraction of sp³-hybridized carbons (Fsp3) is 0.116. The molecule has 46 heavy (non-hydrogen) atoms. The average molecular weight is 612 g/mol. The number of aryl methyl sites for hydroxylation is 1. The maximum atomic E-state index is 6.94. The van der Waals surface area contributed by atoms with Crippen LogP contribution >= 0.6 is 11.3 Å². The number of benzene rings is 7. The minimum Gasteiger partial charge on any atom is -0.454 e. The Morgan fingerprint density at radius 1 is 0.543 bits per heavy atom. The number of fused-ring (bicyclic) bond motifs is 9. The van der Waals surface area contributed by atoms with Gasteiger partial charge in [0.1, 0.15) is 5.58 Å². The molecule has 0 amide bonds. The maximum absolute atomic E-state index is 6.94. The Labute approximate surface area is 272 Å². The molecule has 0 saturated heterocycles. The number of para-hydroxylation sites is 2. The van der Waals surface area contributed by atoms with Crippen molar-refractivity contribution in [1.82, 2.24) is 0 Å². The summed E-state index contributed by atoms with van der Waals surface area (Å²) in [6.07, 6.45) is 0. The fourth-order valence-corrected chi connectivity index (χ4v) is 8.35. The lowest BCUT2D eigenvalue weighted by atomic mass is 9.86. The molecule has 2 aromatic heterocycles. The van der Waals surface area contributed by atoms with Gasteiger partial charge in [0.2, 0.25) is 0 Å². The standard InChI is InChI=1S/C43H33NOS/c1-26-19-21-29(22-20-26)44(36-18-10-16-33-32-15-9-17-35(43(2,3)4)41(32)45-42(33)36)37-25-39-40(31-14-8-7-13-30(31)37)34-23-27-11-5-6-12-28(27)24-38(34)46-39/h5-25H,1-4H3. The van der Waals surface area contributed by atoms with Crippen LogP contribution in [0.3, 0.4) is 0 Å². The van der Waals surface area contributed by atoms with Crippen LogP contribution in [0.25, 0.3) is 63.7 Å². The van der Waals surface area contributed by atoms with Gasteiger partial charge in [-0.1, -0.05) is 117 Å². The van der Waals surface area contributed by atoms with E-state index in [1.807, 2.05) is 11.3 Å². The van der Waals surface area contributed by atoms with Gasteiger partial charge in [0.15, 0.2) is 5.58 Å². The van der Waals surface area contributed by atoms with Crippen LogP contribution in [0.4, 0.5) is 17.1 Å². The second-order valence-electron chi connectivity index (χ2n) is 13.5. The highest BCUT2D eigenvalue weighted by Crippen LogP contribution is 2.49. The van der Waals surface area contributed by atoms with E-state index in [2.05, 4.69) is 160 Å². The summed E-state index contributed by atoms with van der Waals surface area (Å²) in [4.78, 5) is 2.41. The maximum Gasteiger partial charge on any atom is 0.159 e. The third kappa shape index (κ3) is 4.08. The first-order valence-corrected chi connectivity index (χ1v) is 16.7. The predicted octanol–water partition coefficient (Wildman–Crippen LogP) is 13.3. The lowest BCUT2D eigenvalue weighted by molar-refractivity contribution is 0.573. The molecule has 0 radical (unpaired) electrons. The van der Waals surface area contributed by atoms with Crippen molar-refractivity contribution in [2.24, 2.45) is 0 Å². The molecule has 0 aliphatic carbocycles. The second-order valence-corrected chi connectivity index (χ2v) is 14.6. The SMILES string of the molecule is Cc1ccc(N(c2cc3sc4cc5ccccc5cc4c3c3ccccc23)c2cccc3c2oc2c(C(C)(C)C)cccc23)cc1. The zero-order chi connectivity index (χ0) is 31.2. The van der Waals surface area contributed by atoms with Gasteiger partial charge >= 0.3 is 0 Å². The van der Waals surface area contributed by atoms with Gasteiger partial charge in [-0.3, -0.25) is 0 Å². The summed E-state index contributed by atoms with van der Waals surface area (Å²) in [6.45, 7) is 8.90. The Morgan fingerprint density at radius 3 is 1.96 bits per heavy atom. The summed E-state index contributed by atoms with van der Waals surface area (Å²) < 4.78 is 9.53. The summed E-state index contributed by atoms with van der Waals surface area (Å²) in [7, 11) is 0. The molecule has 0 spiro atoms. The molecule has 222 valence electrons. The van der Waals surface area contributed by atoms with Crippen molar-refractivity contribution in [3.8, 4) is 0 Å². The Balaban J connectivity index is 1.39. The van der Waals surface area contributed by atoms with Crippen LogP contribution in [-0.4, -0.2) is 0 Å². The quantitative estimate of drug-likeness (QED) is 0.198. The van der Waals surface area contributed by atoms with Crippen molar-refractivity contribution < 1.29 is 4.42 Å². The number of anilines is 3. The Morgan fingerprint density at radius 2 is 1.20 bits per heavy atom. The van der Waals surface area contributed by atoms with E-state index in [9.17, 15) is 0 Å². The summed E-state index contributed by atoms with van der Waals surface area (Å²) in [5.74, 6) is 0. The highest BCUT2D eigenvalue weighted by atomic mass is 32.1. The third-order valence-corrected chi connectivity index (χ3v) is 10.5. The second kappa shape index (κ2) is 9.94. The van der Waals surface area contributed by atoms with Crippen molar-refractivity contribution in [3.63, 3.8) is 0 Å². The first-order chi connectivity index (χ1) is 22.3. The molecule has 0 unspecified atom stereocenters. The number of rotatable bonds is 3. The monoisotopic (exact) mass is 611 g/mol. The lowest BCUT2D eigenvalue weighted by Gasteiger charge is -2.27. The van der Waals surface area contributed by atoms with Crippen molar-refractivity contribution >= 4 is 92.1 Å². The van der Waals surface area contributed by atoms with Crippen LogP contribution < -0.4 is 4.90 Å². The molecule has 0 bridgehead atoms. The molecule has 9 rings (SSSR count). The largest absolute Gasteiger partial charge is 0.454 e. The summed E-state index contributed by atoms with van der Waals surface area (Å²) in [5, 5.41) is 9.96. The average Bonchev–Trinajstić information content (AvgIpc) is 3.62. The van der Waals surface area contributed by atoms with Gasteiger partial charge in [-0.2, -0.15) is 0 Å². The van der Waals surface area contributed by atoms with E-state index in [1.165, 1.54) is 52.8 Å². The van der Waals surface area contributed by atoms with Crippen molar-refractivity contribution in [2.45, 2.75) is 33.1 Å². The number of thiophene rings is 1. The van der Waals surface area contributed by atoms with Crippen molar-refractivity contribution in [3.05, 3.63) is 139 Å². The van der Waals surface area contributed by atoms with Crippen LogP contribution in [0.1, 0.15) is 31.9 Å². The fourth-order valence-electron chi connectivity index (χ4n) is 7.17. The Bertz CT molecular complexity index is 2630. The molecule has 7 aromatic carbocycles. The molecular weight excluding hydrogens is 579 g/mol. The van der Waals surface area contributed by atoms with Crippen molar-refractivity contribution in [1.29, 1.82) is 0 Å². The van der Waals surface area contributed by atoms with E-state index in [1.54, 1.807) is 0 Å². The Hall–Kier alpha value is -5.12. The molecule has 0 aliphatic rings. The molecular formula is C43H33NOS. The number of furan rings is 1. The Kier molecular flexibility index (Phi) is 5.88. The predicted molar refractivity (Wildman–Crippen MR) is 200 cm³/mol. The van der Waals surface area contributed by atoms with E-state index in [0.717, 1.165) is 39.0 Å². The minimum atomic E-state index is -0.0442. The zero-order valence-corrected chi connectivity index (χ0v) is 27.2. The normalized spacial score (nSPS) is 12.3. The van der Waals surface area contributed by atoms with E-state index in [0.29, 0.717) is 0 Å². The van der Waals surface area contributed by atoms with Gasteiger partial charge < -0.3 is 9.32 Å². The number of hydrogen-bond acceptors (Lipinski definition) is 3. The molecule has 2 nitrogen and oxygen atoms in total. The van der Waals surface area contributed by atoms with E-state index in [4.69, 9.17) is 4.42 Å². The molecule has 0 atom stereocenters. The van der Waals surface area contributed by atoms with Gasteiger partial charge in [0, 0.05) is 47.6 Å². The van der Waals surface area contributed by atoms with Crippen LogP contribution in [0.15, 0.2) is 132 Å². The van der Waals surface area contributed by atoms with Crippen LogP contribution in [0.2, 0.25) is 0 Å². The third-order valence-electron chi connectivity index (χ3n) is 9.41. The van der Waals surface area contributed by atoms with Crippen LogP contribution in [-0.2, 0) is 5.41 Å². The summed E-state index contributed by atoms with van der Waals surface area (Å²) in [6, 6.07) is 46.7. The molecule has 9 aromatic rings. The van der Waals surface area contributed by atoms with Gasteiger partial charge in [0.25, 0.3) is 0 Å². The van der Waals surface area contributed by atoms with Gasteiger partial charge in [-0.15, -0.1) is 11.3 Å². The van der Waals surface area contributed by atoms with E-state index < -0.39 is 0 Å². The molecule has 3 heteroatoms. The van der Waals surface area contributed by atoms with Crippen LogP contribution in [0.5, 0.6) is 0 Å². The number of nitrogens with zero attached hydrogens (tertiary/aromatic N) is 1. The molecule has 0 fully saturated rings. The van der Waals surface area contributed by atoms with Gasteiger partial charge in [-0.25, -0.2) is 0 Å². The zero-order valence-electron chi connectivity index (χ0n) is 26.4. The minimum absolute atomic E-state index is 0.0442. The highest BCUT2D eigenvalue weighted by Gasteiger charge is 2.25. The number of hydrogen-bond donors (Lipinski definition) is 0. The smallest absolute Gasteiger partial charge is 0.159 e. The van der Waals surface area contributed by atoms with E-state index in [-0.39, 0.29) is 5.41 Å². The molecule has 0 N–H and O–H groups in total. The van der Waals surface area contributed by atoms with Crippen LogP contribution in [0, 0.1) is 6.92 Å². The molecule has 0 aliphatic heterocycles. The van der Waals surface area contributed by atoms with E-state index >= 15 is 0 Å². The molecule has 0 saturated carbocycles. The molecule has 2 heterocycles. The topological polar surface area (TPSA) is 16.4 Å². The van der Waals surface area contributed by atoms with Crippen molar-refractivity contribution in [2.75, 3.05) is 4.90 Å². The lowest BCUT2D eigenvalue weighted by Crippen LogP contribution is -2.11. The first-order valence-electron chi connectivity index (χ1n) is 15.9. The summed E-state index contributed by atoms with van der Waals surface area (Å²) in [5.41, 5.74) is 7.57. The highest BCUT2D eigenvalue weighted by molar-refractivity contribution is 7.26. The van der Waals surface area contributed by atoms with Gasteiger partial charge in [-0.05, 0) is 64.9 Å². The first kappa shape index (κ1) is 27.2.